The van der Waals surface area contributed by atoms with Gasteiger partial charge in [-0.3, -0.25) is 4.90 Å². The second-order valence-electron chi connectivity index (χ2n) is 4.29. The molecule has 4 heteroatoms. The lowest BCUT2D eigenvalue weighted by atomic mass is 10.1. The second-order valence-corrected chi connectivity index (χ2v) is 5.27. The lowest BCUT2D eigenvalue weighted by Crippen LogP contribution is -2.29. The normalized spacial score (nSPS) is 17.0. The smallest absolute Gasteiger partial charge is 0.129 e. The van der Waals surface area contributed by atoms with Gasteiger partial charge in [-0.05, 0) is 44.1 Å². The van der Waals surface area contributed by atoms with Gasteiger partial charge in [0.15, 0.2) is 0 Å². The van der Waals surface area contributed by atoms with Gasteiger partial charge in [-0.2, -0.15) is 0 Å². The van der Waals surface area contributed by atoms with E-state index in [2.05, 4.69) is 4.90 Å². The molecule has 1 N–H and O–H groups in total. The number of thioether (sulfide) groups is 1. The molecule has 1 fully saturated rings. The number of methoxy groups -OCH3 is 1. The molecule has 1 aliphatic rings. The Bertz CT molecular complexity index is 364. The van der Waals surface area contributed by atoms with Crippen LogP contribution in [-0.2, 0) is 0 Å². The summed E-state index contributed by atoms with van der Waals surface area (Å²) >= 11 is 1.68. The summed E-state index contributed by atoms with van der Waals surface area (Å²) in [6.07, 6.45) is 3.95. The van der Waals surface area contributed by atoms with Crippen LogP contribution in [0.2, 0.25) is 0 Å². The maximum atomic E-state index is 9.77. The summed E-state index contributed by atoms with van der Waals surface area (Å²) in [5.41, 5.74) is 0. The molecule has 0 unspecified atom stereocenters. The van der Waals surface area contributed by atoms with Crippen LogP contribution in [0, 0.1) is 0 Å². The van der Waals surface area contributed by atoms with E-state index in [9.17, 15) is 5.11 Å². The van der Waals surface area contributed by atoms with Crippen molar-refractivity contribution in [2.24, 2.45) is 0 Å². The third-order valence-corrected chi connectivity index (χ3v) is 4.15. The summed E-state index contributed by atoms with van der Waals surface area (Å²) in [4.78, 5) is 3.34. The number of hydrogen-bond donors (Lipinski definition) is 1. The van der Waals surface area contributed by atoms with Crippen LogP contribution in [0.15, 0.2) is 23.1 Å². The first-order valence-corrected chi connectivity index (χ1v) is 7.00. The van der Waals surface area contributed by atoms with Gasteiger partial charge in [-0.25, -0.2) is 0 Å². The second kappa shape index (κ2) is 6.17. The highest BCUT2D eigenvalue weighted by Crippen LogP contribution is 2.32. The van der Waals surface area contributed by atoms with Crippen LogP contribution in [-0.4, -0.2) is 36.1 Å². The zero-order valence-corrected chi connectivity index (χ0v) is 11.0. The van der Waals surface area contributed by atoms with Crippen molar-refractivity contribution in [3.63, 3.8) is 0 Å². The Morgan fingerprint density at radius 2 is 2.06 bits per heavy atom. The van der Waals surface area contributed by atoms with Gasteiger partial charge in [0, 0.05) is 5.88 Å². The van der Waals surface area contributed by atoms with Crippen molar-refractivity contribution in [2.45, 2.75) is 24.2 Å². The lowest BCUT2D eigenvalue weighted by molar-refractivity contribution is 0.266. The van der Waals surface area contributed by atoms with Crippen molar-refractivity contribution in [1.82, 2.24) is 4.90 Å². The summed E-state index contributed by atoms with van der Waals surface area (Å²) in [7, 11) is 1.64. The maximum Gasteiger partial charge on any atom is 0.129 e. The molecule has 0 atom stereocenters. The van der Waals surface area contributed by atoms with Gasteiger partial charge >= 0.3 is 0 Å². The van der Waals surface area contributed by atoms with Crippen LogP contribution in [0.5, 0.6) is 11.5 Å². The van der Waals surface area contributed by atoms with Crippen LogP contribution in [0.1, 0.15) is 19.3 Å². The molecule has 1 aromatic rings. The standard InChI is InChI=1S/C13H19NO2S/c1-16-11-5-6-12(15)13(9-11)17-10-14-7-3-2-4-8-14/h5-6,9,15H,2-4,7-8,10H2,1H3. The third kappa shape index (κ3) is 3.54. The van der Waals surface area contributed by atoms with Crippen LogP contribution in [0.3, 0.4) is 0 Å². The van der Waals surface area contributed by atoms with Crippen LogP contribution >= 0.6 is 11.8 Å². The summed E-state index contributed by atoms with van der Waals surface area (Å²) in [5.74, 6) is 2.08. The molecule has 3 nitrogen and oxygen atoms in total. The molecule has 0 radical (unpaired) electrons. The fourth-order valence-electron chi connectivity index (χ4n) is 1.99. The average molecular weight is 253 g/mol. The monoisotopic (exact) mass is 253 g/mol. The first kappa shape index (κ1) is 12.6. The molecule has 1 aliphatic heterocycles. The van der Waals surface area contributed by atoms with Gasteiger partial charge in [0.25, 0.3) is 0 Å². The number of likely N-dealkylation sites (tertiary alicyclic amines) is 1. The Hall–Kier alpha value is -0.870. The average Bonchev–Trinajstić information content (AvgIpc) is 2.39. The van der Waals surface area contributed by atoms with Crippen molar-refractivity contribution >= 4 is 11.8 Å². The Kier molecular flexibility index (Phi) is 4.57. The summed E-state index contributed by atoms with van der Waals surface area (Å²) < 4.78 is 5.16. The number of hydrogen-bond acceptors (Lipinski definition) is 4. The van der Waals surface area contributed by atoms with Crippen LogP contribution < -0.4 is 4.74 Å². The first-order valence-electron chi connectivity index (χ1n) is 6.02. The topological polar surface area (TPSA) is 32.7 Å². The number of benzene rings is 1. The Morgan fingerprint density at radius 1 is 1.29 bits per heavy atom. The molecule has 94 valence electrons. The van der Waals surface area contributed by atoms with Gasteiger partial charge in [-0.1, -0.05) is 6.42 Å². The highest BCUT2D eigenvalue weighted by atomic mass is 32.2. The van der Waals surface area contributed by atoms with Crippen molar-refractivity contribution in [1.29, 1.82) is 0 Å². The Balaban J connectivity index is 1.92. The van der Waals surface area contributed by atoms with E-state index >= 15 is 0 Å². The number of nitrogens with zero attached hydrogens (tertiary/aromatic N) is 1. The summed E-state index contributed by atoms with van der Waals surface area (Å²) in [6, 6.07) is 5.36. The van der Waals surface area contributed by atoms with Gasteiger partial charge in [0.05, 0.1) is 12.0 Å². The van der Waals surface area contributed by atoms with Crippen molar-refractivity contribution in [2.75, 3.05) is 26.1 Å². The van der Waals surface area contributed by atoms with E-state index in [-0.39, 0.29) is 0 Å². The third-order valence-electron chi connectivity index (χ3n) is 3.02. The molecule has 1 saturated heterocycles. The Labute approximate surface area is 107 Å². The molecule has 0 aliphatic carbocycles. The van der Waals surface area contributed by atoms with Gasteiger partial charge < -0.3 is 9.84 Å². The number of ether oxygens (including phenoxy) is 1. The number of phenolic OH excluding ortho intramolecular Hbond substituents is 1. The predicted octanol–water partition coefficient (Wildman–Crippen LogP) is 2.94. The molecular formula is C13H19NO2S. The van der Waals surface area contributed by atoms with Crippen molar-refractivity contribution in [3.8, 4) is 11.5 Å². The highest BCUT2D eigenvalue weighted by Gasteiger charge is 2.11. The molecule has 1 aromatic carbocycles. The largest absolute Gasteiger partial charge is 0.507 e. The summed E-state index contributed by atoms with van der Waals surface area (Å²) in [6.45, 7) is 2.36. The van der Waals surface area contributed by atoms with Gasteiger partial charge in [0.1, 0.15) is 11.5 Å². The van der Waals surface area contributed by atoms with Crippen molar-refractivity contribution < 1.29 is 9.84 Å². The zero-order chi connectivity index (χ0) is 12.1. The predicted molar refractivity (Wildman–Crippen MR) is 70.8 cm³/mol. The van der Waals surface area contributed by atoms with E-state index < -0.39 is 0 Å². The minimum atomic E-state index is 0.341. The molecule has 0 saturated carbocycles. The zero-order valence-electron chi connectivity index (χ0n) is 10.2. The Morgan fingerprint density at radius 3 is 2.76 bits per heavy atom. The van der Waals surface area contributed by atoms with E-state index in [0.29, 0.717) is 5.75 Å². The number of aromatic hydroxyl groups is 1. The van der Waals surface area contributed by atoms with Crippen LogP contribution in [0.4, 0.5) is 0 Å². The highest BCUT2D eigenvalue weighted by molar-refractivity contribution is 7.99. The first-order chi connectivity index (χ1) is 8.29. The van der Waals surface area contributed by atoms with E-state index in [0.717, 1.165) is 16.5 Å². The number of phenols is 1. The molecule has 0 amide bonds. The van der Waals surface area contributed by atoms with E-state index in [1.54, 1.807) is 31.0 Å². The molecule has 0 spiro atoms. The minimum absolute atomic E-state index is 0.341. The number of rotatable bonds is 4. The fourth-order valence-corrected chi connectivity index (χ4v) is 2.98. The molecule has 1 heterocycles. The van der Waals surface area contributed by atoms with Gasteiger partial charge in [-0.15, -0.1) is 11.8 Å². The minimum Gasteiger partial charge on any atom is -0.507 e. The molecule has 17 heavy (non-hydrogen) atoms. The number of piperidine rings is 1. The quantitative estimate of drug-likeness (QED) is 0.836. The van der Waals surface area contributed by atoms with E-state index in [1.807, 2.05) is 6.07 Å². The van der Waals surface area contributed by atoms with Gasteiger partial charge in [0.2, 0.25) is 0 Å². The molecular weight excluding hydrogens is 234 g/mol. The molecule has 2 rings (SSSR count). The molecule has 0 aromatic heterocycles. The lowest BCUT2D eigenvalue weighted by Gasteiger charge is -2.25. The van der Waals surface area contributed by atoms with Crippen molar-refractivity contribution in [3.05, 3.63) is 18.2 Å². The fraction of sp³-hybridized carbons (Fsp3) is 0.538. The SMILES string of the molecule is COc1ccc(O)c(SCN2CCCCC2)c1. The van der Waals surface area contributed by atoms with E-state index in [1.165, 1.54) is 32.4 Å². The van der Waals surface area contributed by atoms with Crippen LogP contribution in [0.25, 0.3) is 0 Å². The van der Waals surface area contributed by atoms with E-state index in [4.69, 9.17) is 4.74 Å². The molecule has 0 bridgehead atoms. The summed E-state index contributed by atoms with van der Waals surface area (Å²) in [5, 5.41) is 9.77. The maximum absolute atomic E-state index is 9.77.